The number of pyridine rings is 1. The predicted molar refractivity (Wildman–Crippen MR) is 94.6 cm³/mol. The van der Waals surface area contributed by atoms with Crippen molar-refractivity contribution >= 4 is 21.4 Å². The van der Waals surface area contributed by atoms with Crippen molar-refractivity contribution in [2.24, 2.45) is 7.05 Å². The topological polar surface area (TPSA) is 64.8 Å². The molecule has 24 heavy (non-hydrogen) atoms. The van der Waals surface area contributed by atoms with E-state index in [0.29, 0.717) is 16.5 Å². The average molecular weight is 362 g/mol. The minimum Gasteiger partial charge on any atom is -0.333 e. The van der Waals surface area contributed by atoms with Crippen LogP contribution in [0.5, 0.6) is 0 Å². The Bertz CT molecular complexity index is 979. The molecule has 0 atom stereocenters. The predicted octanol–water partition coefficient (Wildman–Crippen LogP) is 3.60. The highest BCUT2D eigenvalue weighted by Gasteiger charge is 2.22. The van der Waals surface area contributed by atoms with Gasteiger partial charge in [0, 0.05) is 36.2 Å². The summed E-state index contributed by atoms with van der Waals surface area (Å²) in [6, 6.07) is 8.85. The summed E-state index contributed by atoms with van der Waals surface area (Å²) in [6.45, 7) is 1.62. The molecule has 7 heteroatoms. The largest absolute Gasteiger partial charge is 0.333 e. The van der Waals surface area contributed by atoms with Crippen LogP contribution in [-0.4, -0.2) is 28.7 Å². The van der Waals surface area contributed by atoms with Gasteiger partial charge in [0.2, 0.25) is 0 Å². The maximum absolute atomic E-state index is 12.6. The lowest BCUT2D eigenvalue weighted by atomic mass is 10.1. The Morgan fingerprint density at radius 3 is 2.42 bits per heavy atom. The minimum atomic E-state index is -3.45. The van der Waals surface area contributed by atoms with E-state index in [4.69, 9.17) is 11.6 Å². The molecule has 3 rings (SSSR count). The van der Waals surface area contributed by atoms with Crippen LogP contribution >= 0.6 is 11.6 Å². The van der Waals surface area contributed by atoms with Crippen LogP contribution in [0.4, 0.5) is 0 Å². The Labute approximate surface area is 145 Å². The molecule has 0 N–H and O–H groups in total. The lowest BCUT2D eigenvalue weighted by Gasteiger charge is -2.11. The Balaban J connectivity index is 2.22. The molecule has 5 nitrogen and oxygen atoms in total. The molecule has 0 aliphatic carbocycles. The smallest absolute Gasteiger partial charge is 0.180 e. The van der Waals surface area contributed by atoms with E-state index >= 15 is 0 Å². The average Bonchev–Trinajstić information content (AvgIpc) is 3.01. The molecule has 0 unspecified atom stereocenters. The van der Waals surface area contributed by atoms with E-state index in [1.165, 1.54) is 0 Å². The molecule has 3 aromatic rings. The second kappa shape index (κ2) is 6.37. The number of halogens is 1. The number of benzene rings is 1. The fourth-order valence-corrected chi connectivity index (χ4v) is 3.58. The van der Waals surface area contributed by atoms with Crippen molar-refractivity contribution in [3.8, 4) is 22.6 Å². The molecule has 0 fully saturated rings. The summed E-state index contributed by atoms with van der Waals surface area (Å²) in [6.07, 6.45) is 5.03. The van der Waals surface area contributed by atoms with Crippen LogP contribution < -0.4 is 0 Å². The van der Waals surface area contributed by atoms with E-state index in [9.17, 15) is 8.42 Å². The fourth-order valence-electron chi connectivity index (χ4n) is 2.40. The van der Waals surface area contributed by atoms with Crippen molar-refractivity contribution in [2.75, 3.05) is 5.75 Å². The maximum Gasteiger partial charge on any atom is 0.180 e. The van der Waals surface area contributed by atoms with Gasteiger partial charge in [0.1, 0.15) is 5.69 Å². The molecule has 0 aliphatic heterocycles. The standard InChI is InChI=1S/C17H16ClN3O2S/c1-3-24(22,23)15-10-13(12-4-6-14(18)7-5-12)11-20-16(15)17-19-8-9-21(17)2/h4-11H,3H2,1-2H3. The normalized spacial score (nSPS) is 11.6. The van der Waals surface area contributed by atoms with Gasteiger partial charge in [-0.15, -0.1) is 0 Å². The number of aryl methyl sites for hydroxylation is 1. The second-order valence-electron chi connectivity index (χ2n) is 5.34. The van der Waals surface area contributed by atoms with Crippen LogP contribution in [0.15, 0.2) is 53.8 Å². The van der Waals surface area contributed by atoms with Gasteiger partial charge in [-0.25, -0.2) is 13.4 Å². The Morgan fingerprint density at radius 2 is 1.83 bits per heavy atom. The van der Waals surface area contributed by atoms with Gasteiger partial charge in [0.15, 0.2) is 15.7 Å². The first-order valence-electron chi connectivity index (χ1n) is 7.39. The van der Waals surface area contributed by atoms with Crippen molar-refractivity contribution in [1.29, 1.82) is 0 Å². The number of imidazole rings is 1. The van der Waals surface area contributed by atoms with Crippen LogP contribution in [0.25, 0.3) is 22.6 Å². The van der Waals surface area contributed by atoms with Crippen molar-refractivity contribution in [3.05, 3.63) is 53.9 Å². The number of rotatable bonds is 4. The number of hydrogen-bond donors (Lipinski definition) is 0. The summed E-state index contributed by atoms with van der Waals surface area (Å²) in [4.78, 5) is 8.81. The third-order valence-electron chi connectivity index (χ3n) is 3.78. The zero-order valence-corrected chi connectivity index (χ0v) is 14.8. The minimum absolute atomic E-state index is 0.00380. The molecule has 0 saturated carbocycles. The quantitative estimate of drug-likeness (QED) is 0.712. The monoisotopic (exact) mass is 361 g/mol. The highest BCUT2D eigenvalue weighted by Crippen LogP contribution is 2.30. The highest BCUT2D eigenvalue weighted by atomic mass is 35.5. The lowest BCUT2D eigenvalue weighted by molar-refractivity contribution is 0.597. The lowest BCUT2D eigenvalue weighted by Crippen LogP contribution is -2.09. The summed E-state index contributed by atoms with van der Waals surface area (Å²) >= 11 is 5.91. The summed E-state index contributed by atoms with van der Waals surface area (Å²) < 4.78 is 26.9. The van der Waals surface area contributed by atoms with Crippen LogP contribution in [0.2, 0.25) is 5.02 Å². The third-order valence-corrected chi connectivity index (χ3v) is 5.77. The molecule has 0 radical (unpaired) electrons. The summed E-state index contributed by atoms with van der Waals surface area (Å²) in [5.41, 5.74) is 1.93. The van der Waals surface area contributed by atoms with Gasteiger partial charge in [0.05, 0.1) is 10.6 Å². The molecule has 0 amide bonds. The van der Waals surface area contributed by atoms with Crippen LogP contribution in [0.1, 0.15) is 6.92 Å². The van der Waals surface area contributed by atoms with Crippen molar-refractivity contribution < 1.29 is 8.42 Å². The first-order valence-corrected chi connectivity index (χ1v) is 9.42. The van der Waals surface area contributed by atoms with E-state index in [-0.39, 0.29) is 10.6 Å². The molecule has 0 aliphatic rings. The molecule has 2 aromatic heterocycles. The maximum atomic E-state index is 12.6. The van der Waals surface area contributed by atoms with E-state index in [1.807, 2.05) is 12.1 Å². The van der Waals surface area contributed by atoms with E-state index in [1.54, 1.807) is 55.3 Å². The second-order valence-corrected chi connectivity index (χ2v) is 8.03. The van der Waals surface area contributed by atoms with Crippen LogP contribution in [-0.2, 0) is 16.9 Å². The molecule has 0 bridgehead atoms. The Morgan fingerprint density at radius 1 is 1.12 bits per heavy atom. The number of aromatic nitrogens is 3. The van der Waals surface area contributed by atoms with Crippen LogP contribution in [0, 0.1) is 0 Å². The molecule has 2 heterocycles. The van der Waals surface area contributed by atoms with Crippen molar-refractivity contribution in [3.63, 3.8) is 0 Å². The van der Waals surface area contributed by atoms with E-state index < -0.39 is 9.84 Å². The van der Waals surface area contributed by atoms with Gasteiger partial charge in [0.25, 0.3) is 0 Å². The number of hydrogen-bond acceptors (Lipinski definition) is 4. The third kappa shape index (κ3) is 3.07. The van der Waals surface area contributed by atoms with Gasteiger partial charge >= 0.3 is 0 Å². The van der Waals surface area contributed by atoms with Crippen molar-refractivity contribution in [1.82, 2.24) is 14.5 Å². The van der Waals surface area contributed by atoms with Gasteiger partial charge in [-0.1, -0.05) is 30.7 Å². The molecule has 0 saturated heterocycles. The molecular weight excluding hydrogens is 346 g/mol. The zero-order chi connectivity index (χ0) is 17.3. The van der Waals surface area contributed by atoms with E-state index in [2.05, 4.69) is 9.97 Å². The molecular formula is C17H16ClN3O2S. The SMILES string of the molecule is CCS(=O)(=O)c1cc(-c2ccc(Cl)cc2)cnc1-c1nccn1C. The van der Waals surface area contributed by atoms with Crippen LogP contribution in [0.3, 0.4) is 0 Å². The summed E-state index contributed by atoms with van der Waals surface area (Å²) in [5.74, 6) is 0.514. The number of sulfone groups is 1. The highest BCUT2D eigenvalue weighted by molar-refractivity contribution is 7.91. The molecule has 0 spiro atoms. The number of nitrogens with zero attached hydrogens (tertiary/aromatic N) is 3. The summed E-state index contributed by atoms with van der Waals surface area (Å²) in [7, 11) is -1.65. The van der Waals surface area contributed by atoms with Crippen molar-refractivity contribution in [2.45, 2.75) is 11.8 Å². The fraction of sp³-hybridized carbons (Fsp3) is 0.176. The first-order chi connectivity index (χ1) is 11.4. The van der Waals surface area contributed by atoms with E-state index in [0.717, 1.165) is 11.1 Å². The molecule has 124 valence electrons. The zero-order valence-electron chi connectivity index (χ0n) is 13.3. The van der Waals surface area contributed by atoms with Gasteiger partial charge in [-0.2, -0.15) is 0 Å². The van der Waals surface area contributed by atoms with Gasteiger partial charge in [-0.05, 0) is 23.8 Å². The van der Waals surface area contributed by atoms with Gasteiger partial charge < -0.3 is 4.57 Å². The summed E-state index contributed by atoms with van der Waals surface area (Å²) in [5, 5.41) is 0.623. The molecule has 1 aromatic carbocycles. The van der Waals surface area contributed by atoms with Gasteiger partial charge in [-0.3, -0.25) is 4.98 Å². The first kappa shape index (κ1) is 16.7. The Kier molecular flexibility index (Phi) is 4.43. The Hall–Kier alpha value is -2.18.